The minimum Gasteiger partial charge on any atom is -0.496 e. The maximum Gasteiger partial charge on any atom is 0.257 e. The van der Waals surface area contributed by atoms with Crippen LogP contribution in [0.15, 0.2) is 12.1 Å². The van der Waals surface area contributed by atoms with Crippen LogP contribution in [0.3, 0.4) is 0 Å². The molecule has 1 amide bonds. The number of hydrogen-bond donors (Lipinski definition) is 2. The lowest BCUT2D eigenvalue weighted by Gasteiger charge is -2.29. The predicted octanol–water partition coefficient (Wildman–Crippen LogP) is 1.99. The van der Waals surface area contributed by atoms with Crippen LogP contribution in [0.1, 0.15) is 24.2 Å². The summed E-state index contributed by atoms with van der Waals surface area (Å²) >= 11 is 5.98. The van der Waals surface area contributed by atoms with Gasteiger partial charge in [0.1, 0.15) is 5.75 Å². The van der Waals surface area contributed by atoms with E-state index >= 15 is 0 Å². The Kier molecular flexibility index (Phi) is 5.25. The molecule has 0 heterocycles. The number of benzene rings is 1. The average Bonchev–Trinajstić information content (AvgIpc) is 2.40. The van der Waals surface area contributed by atoms with Gasteiger partial charge < -0.3 is 21.1 Å². The van der Waals surface area contributed by atoms with E-state index in [0.29, 0.717) is 35.1 Å². The molecule has 0 atom stereocenters. The number of nitrogens with zero attached hydrogens (tertiary/aromatic N) is 1. The normalized spacial score (nSPS) is 11.3. The average molecular weight is 300 g/mol. The Morgan fingerprint density at radius 1 is 1.45 bits per heavy atom. The highest BCUT2D eigenvalue weighted by molar-refractivity contribution is 6.33. The molecule has 1 aromatic rings. The molecule has 0 radical (unpaired) electrons. The minimum absolute atomic E-state index is 0.157. The first-order chi connectivity index (χ1) is 9.21. The van der Waals surface area contributed by atoms with Gasteiger partial charge in [0, 0.05) is 19.7 Å². The van der Waals surface area contributed by atoms with Gasteiger partial charge in [0.25, 0.3) is 5.91 Å². The standard InChI is InChI=1S/C14H22ClN3O2/c1-14(2,7-16)8-18(3)13(19)9-5-10(15)11(17)6-12(9)20-4/h5-6H,7-8,16-17H2,1-4H3. The van der Waals surface area contributed by atoms with Crippen LogP contribution in [0.25, 0.3) is 0 Å². The summed E-state index contributed by atoms with van der Waals surface area (Å²) in [5, 5.41) is 0.334. The zero-order valence-electron chi connectivity index (χ0n) is 12.4. The number of hydrogen-bond acceptors (Lipinski definition) is 4. The van der Waals surface area contributed by atoms with Gasteiger partial charge in [-0.15, -0.1) is 0 Å². The lowest BCUT2D eigenvalue weighted by molar-refractivity contribution is 0.0737. The fourth-order valence-electron chi connectivity index (χ4n) is 1.89. The Morgan fingerprint density at radius 2 is 2.05 bits per heavy atom. The van der Waals surface area contributed by atoms with Gasteiger partial charge in [-0.2, -0.15) is 0 Å². The van der Waals surface area contributed by atoms with Crippen molar-refractivity contribution in [3.8, 4) is 5.75 Å². The highest BCUT2D eigenvalue weighted by Crippen LogP contribution is 2.30. The highest BCUT2D eigenvalue weighted by Gasteiger charge is 2.24. The summed E-state index contributed by atoms with van der Waals surface area (Å²) in [6.45, 7) is 5.03. The molecule has 1 rings (SSSR count). The Bertz CT molecular complexity index is 503. The summed E-state index contributed by atoms with van der Waals surface area (Å²) in [4.78, 5) is 14.1. The summed E-state index contributed by atoms with van der Waals surface area (Å²) in [6, 6.07) is 3.08. The molecule has 20 heavy (non-hydrogen) atoms. The number of nitrogens with two attached hydrogens (primary N) is 2. The van der Waals surface area contributed by atoms with E-state index in [-0.39, 0.29) is 11.3 Å². The van der Waals surface area contributed by atoms with E-state index < -0.39 is 0 Å². The van der Waals surface area contributed by atoms with Gasteiger partial charge in [-0.05, 0) is 18.0 Å². The summed E-state index contributed by atoms with van der Waals surface area (Å²) in [6.07, 6.45) is 0. The third kappa shape index (κ3) is 3.77. The van der Waals surface area contributed by atoms with Crippen molar-refractivity contribution in [2.24, 2.45) is 11.1 Å². The lowest BCUT2D eigenvalue weighted by Crippen LogP contribution is -2.39. The third-order valence-electron chi connectivity index (χ3n) is 3.11. The second-order valence-electron chi connectivity index (χ2n) is 5.60. The van der Waals surface area contributed by atoms with Crippen LogP contribution < -0.4 is 16.2 Å². The van der Waals surface area contributed by atoms with Crippen LogP contribution in [-0.2, 0) is 0 Å². The fourth-order valence-corrected chi connectivity index (χ4v) is 2.05. The van der Waals surface area contributed by atoms with Gasteiger partial charge in [0.2, 0.25) is 0 Å². The van der Waals surface area contributed by atoms with Gasteiger partial charge in [0.15, 0.2) is 0 Å². The molecule has 4 N–H and O–H groups in total. The molecule has 0 aromatic heterocycles. The molecule has 0 unspecified atom stereocenters. The van der Waals surface area contributed by atoms with E-state index in [2.05, 4.69) is 0 Å². The van der Waals surface area contributed by atoms with E-state index in [0.717, 1.165) is 0 Å². The molecular formula is C14H22ClN3O2. The van der Waals surface area contributed by atoms with Crippen molar-refractivity contribution in [3.05, 3.63) is 22.7 Å². The van der Waals surface area contributed by atoms with Crippen molar-refractivity contribution in [3.63, 3.8) is 0 Å². The first-order valence-corrected chi connectivity index (χ1v) is 6.68. The zero-order chi connectivity index (χ0) is 15.5. The van der Waals surface area contributed by atoms with Crippen molar-refractivity contribution >= 4 is 23.2 Å². The molecule has 0 aliphatic rings. The van der Waals surface area contributed by atoms with E-state index in [1.165, 1.54) is 13.2 Å². The van der Waals surface area contributed by atoms with Crippen molar-refractivity contribution in [2.45, 2.75) is 13.8 Å². The van der Waals surface area contributed by atoms with Crippen molar-refractivity contribution in [1.29, 1.82) is 0 Å². The summed E-state index contributed by atoms with van der Waals surface area (Å²) in [5.41, 5.74) is 12.0. The number of rotatable bonds is 5. The molecule has 112 valence electrons. The molecule has 0 saturated carbocycles. The van der Waals surface area contributed by atoms with Gasteiger partial charge in [0.05, 0.1) is 23.4 Å². The molecule has 0 aliphatic heterocycles. The van der Waals surface area contributed by atoms with Gasteiger partial charge in [-0.1, -0.05) is 25.4 Å². The Hall–Kier alpha value is -1.46. The summed E-state index contributed by atoms with van der Waals surface area (Å²) in [5.74, 6) is 0.236. The lowest BCUT2D eigenvalue weighted by atomic mass is 9.93. The number of halogens is 1. The van der Waals surface area contributed by atoms with Crippen LogP contribution in [0.5, 0.6) is 5.75 Å². The topological polar surface area (TPSA) is 81.6 Å². The molecule has 5 nitrogen and oxygen atoms in total. The second-order valence-corrected chi connectivity index (χ2v) is 6.01. The van der Waals surface area contributed by atoms with E-state index in [4.69, 9.17) is 27.8 Å². The Labute approximate surface area is 124 Å². The number of methoxy groups -OCH3 is 1. The van der Waals surface area contributed by atoms with Crippen molar-refractivity contribution in [1.82, 2.24) is 4.90 Å². The first-order valence-electron chi connectivity index (χ1n) is 6.30. The largest absolute Gasteiger partial charge is 0.496 e. The van der Waals surface area contributed by atoms with Gasteiger partial charge >= 0.3 is 0 Å². The van der Waals surface area contributed by atoms with Crippen LogP contribution >= 0.6 is 11.6 Å². The molecule has 6 heteroatoms. The van der Waals surface area contributed by atoms with Crippen LogP contribution in [-0.4, -0.2) is 38.1 Å². The number of anilines is 1. The SMILES string of the molecule is COc1cc(N)c(Cl)cc1C(=O)N(C)CC(C)(C)CN. The Balaban J connectivity index is 3.05. The molecule has 0 spiro atoms. The van der Waals surface area contributed by atoms with Crippen LogP contribution in [0.2, 0.25) is 5.02 Å². The van der Waals surface area contributed by atoms with Gasteiger partial charge in [-0.25, -0.2) is 0 Å². The minimum atomic E-state index is -0.176. The zero-order valence-corrected chi connectivity index (χ0v) is 13.1. The number of carbonyl (C=O) groups excluding carboxylic acids is 1. The van der Waals surface area contributed by atoms with Crippen molar-refractivity contribution < 1.29 is 9.53 Å². The Morgan fingerprint density at radius 3 is 2.55 bits per heavy atom. The number of amides is 1. The smallest absolute Gasteiger partial charge is 0.257 e. The molecule has 0 aliphatic carbocycles. The maximum atomic E-state index is 12.5. The molecule has 1 aromatic carbocycles. The third-order valence-corrected chi connectivity index (χ3v) is 3.44. The molecular weight excluding hydrogens is 278 g/mol. The molecule has 0 bridgehead atoms. The molecule has 0 fully saturated rings. The van der Waals surface area contributed by atoms with Gasteiger partial charge in [-0.3, -0.25) is 4.79 Å². The van der Waals surface area contributed by atoms with Crippen molar-refractivity contribution in [2.75, 3.05) is 33.0 Å². The quantitative estimate of drug-likeness (QED) is 0.815. The fraction of sp³-hybridized carbons (Fsp3) is 0.500. The first kappa shape index (κ1) is 16.6. The van der Waals surface area contributed by atoms with Crippen LogP contribution in [0, 0.1) is 5.41 Å². The molecule has 0 saturated heterocycles. The maximum absolute atomic E-state index is 12.5. The monoisotopic (exact) mass is 299 g/mol. The van der Waals surface area contributed by atoms with E-state index in [1.54, 1.807) is 18.0 Å². The number of ether oxygens (including phenoxy) is 1. The van der Waals surface area contributed by atoms with E-state index in [1.807, 2.05) is 13.8 Å². The number of nitrogen functional groups attached to an aromatic ring is 1. The number of carbonyl (C=O) groups is 1. The summed E-state index contributed by atoms with van der Waals surface area (Å²) in [7, 11) is 3.22. The predicted molar refractivity (Wildman–Crippen MR) is 82.2 cm³/mol. The highest BCUT2D eigenvalue weighted by atomic mass is 35.5. The second kappa shape index (κ2) is 6.33. The summed E-state index contributed by atoms with van der Waals surface area (Å²) < 4.78 is 5.20. The van der Waals surface area contributed by atoms with Crippen LogP contribution in [0.4, 0.5) is 5.69 Å². The van der Waals surface area contributed by atoms with E-state index in [9.17, 15) is 4.79 Å².